The highest BCUT2D eigenvalue weighted by molar-refractivity contribution is 5.41. The highest BCUT2D eigenvalue weighted by Crippen LogP contribution is 2.44. The largest absolute Gasteiger partial charge is 0.487 e. The molecule has 2 aliphatic rings. The summed E-state index contributed by atoms with van der Waals surface area (Å²) in [6.07, 6.45) is 1.43. The summed E-state index contributed by atoms with van der Waals surface area (Å²) in [5, 5.41) is 21.5. The quantitative estimate of drug-likeness (QED) is 0.773. The van der Waals surface area contributed by atoms with Gasteiger partial charge in [-0.25, -0.2) is 0 Å². The van der Waals surface area contributed by atoms with E-state index in [-0.39, 0.29) is 11.0 Å². The Morgan fingerprint density at radius 3 is 2.40 bits per heavy atom. The van der Waals surface area contributed by atoms with E-state index in [0.717, 1.165) is 48.4 Å². The summed E-state index contributed by atoms with van der Waals surface area (Å²) in [6.45, 7) is 11.0. The number of nitrogens with zero attached hydrogens (tertiary/aromatic N) is 1. The number of rotatable bonds is 3. The summed E-state index contributed by atoms with van der Waals surface area (Å²) in [4.78, 5) is 2.31. The van der Waals surface area contributed by atoms with Crippen molar-refractivity contribution in [1.82, 2.24) is 4.90 Å². The van der Waals surface area contributed by atoms with Crippen LogP contribution in [0.5, 0.6) is 5.75 Å². The standard InChI is InChI=1S/C26H35NO3/c1-18-5-10-24-21(15-18)22(28)16-26(30-24)11-13-27(14-12-26)17-23(29)19-6-8-20(9-7-19)25(2,3)4/h5-10,15,22-23,28-29H,11-14,16-17H2,1-4H3/t22-,23-/m1/s1. The van der Waals surface area contributed by atoms with Gasteiger partial charge < -0.3 is 19.8 Å². The highest BCUT2D eigenvalue weighted by Gasteiger charge is 2.43. The maximum Gasteiger partial charge on any atom is 0.125 e. The van der Waals surface area contributed by atoms with Crippen molar-refractivity contribution in [3.63, 3.8) is 0 Å². The van der Waals surface area contributed by atoms with Gasteiger partial charge in [-0.2, -0.15) is 0 Å². The molecule has 2 heterocycles. The van der Waals surface area contributed by atoms with E-state index < -0.39 is 12.2 Å². The maximum absolute atomic E-state index is 10.8. The number of aliphatic hydroxyl groups excluding tert-OH is 2. The number of aryl methyl sites for hydroxylation is 1. The predicted molar refractivity (Wildman–Crippen MR) is 120 cm³/mol. The third-order valence-corrected chi connectivity index (χ3v) is 6.78. The molecular formula is C26H35NO3. The molecule has 0 radical (unpaired) electrons. The lowest BCUT2D eigenvalue weighted by molar-refractivity contribution is -0.0588. The molecule has 2 aromatic carbocycles. The third-order valence-electron chi connectivity index (χ3n) is 6.78. The topological polar surface area (TPSA) is 52.9 Å². The minimum atomic E-state index is -0.491. The average molecular weight is 410 g/mol. The van der Waals surface area contributed by atoms with E-state index in [0.29, 0.717) is 13.0 Å². The molecule has 0 amide bonds. The lowest BCUT2D eigenvalue weighted by Crippen LogP contribution is -2.51. The first-order valence-electron chi connectivity index (χ1n) is 11.1. The zero-order chi connectivity index (χ0) is 21.5. The van der Waals surface area contributed by atoms with Gasteiger partial charge in [-0.05, 0) is 48.4 Å². The van der Waals surface area contributed by atoms with E-state index in [9.17, 15) is 10.2 Å². The molecule has 2 atom stereocenters. The number of hydrogen-bond acceptors (Lipinski definition) is 4. The van der Waals surface area contributed by atoms with Crippen LogP contribution in [0.3, 0.4) is 0 Å². The highest BCUT2D eigenvalue weighted by atomic mass is 16.5. The van der Waals surface area contributed by atoms with Crippen molar-refractivity contribution in [2.45, 2.75) is 70.2 Å². The molecular weight excluding hydrogens is 374 g/mol. The van der Waals surface area contributed by atoms with Crippen molar-refractivity contribution in [3.8, 4) is 5.75 Å². The molecule has 0 aliphatic carbocycles. The second-order valence-corrected chi connectivity index (χ2v) is 10.2. The van der Waals surface area contributed by atoms with Gasteiger partial charge in [0.2, 0.25) is 0 Å². The van der Waals surface area contributed by atoms with Gasteiger partial charge in [-0.1, -0.05) is 56.7 Å². The molecule has 2 aliphatic heterocycles. The summed E-state index contributed by atoms with van der Waals surface area (Å²) < 4.78 is 6.42. The number of hydrogen-bond donors (Lipinski definition) is 2. The minimum Gasteiger partial charge on any atom is -0.487 e. The summed E-state index contributed by atoms with van der Waals surface area (Å²) in [5.41, 5.74) is 4.13. The summed E-state index contributed by atoms with van der Waals surface area (Å²) >= 11 is 0. The Labute approximate surface area is 180 Å². The van der Waals surface area contributed by atoms with Gasteiger partial charge in [-0.3, -0.25) is 0 Å². The minimum absolute atomic E-state index is 0.118. The number of ether oxygens (including phenoxy) is 1. The number of β-amino-alcohol motifs (C(OH)–C–C–N with tert-alkyl or cyclic N) is 1. The van der Waals surface area contributed by atoms with E-state index in [1.165, 1.54) is 5.56 Å². The van der Waals surface area contributed by atoms with Crippen molar-refractivity contribution in [2.75, 3.05) is 19.6 Å². The second-order valence-electron chi connectivity index (χ2n) is 10.2. The Morgan fingerprint density at radius 1 is 1.10 bits per heavy atom. The Balaban J connectivity index is 1.36. The lowest BCUT2D eigenvalue weighted by Gasteiger charge is -2.46. The molecule has 4 rings (SSSR count). The summed E-state index contributed by atoms with van der Waals surface area (Å²) in [6, 6.07) is 14.4. The molecule has 0 unspecified atom stereocenters. The van der Waals surface area contributed by atoms with Crippen LogP contribution in [0.15, 0.2) is 42.5 Å². The van der Waals surface area contributed by atoms with Crippen LogP contribution in [0.1, 0.15) is 74.5 Å². The first-order chi connectivity index (χ1) is 14.2. The van der Waals surface area contributed by atoms with Crippen LogP contribution in [-0.4, -0.2) is 40.3 Å². The Kier molecular flexibility index (Phi) is 5.69. The molecule has 4 heteroatoms. The summed E-state index contributed by atoms with van der Waals surface area (Å²) in [7, 11) is 0. The number of likely N-dealkylation sites (tertiary alicyclic amines) is 1. The molecule has 30 heavy (non-hydrogen) atoms. The van der Waals surface area contributed by atoms with Gasteiger partial charge in [0.05, 0.1) is 12.2 Å². The Morgan fingerprint density at radius 2 is 1.77 bits per heavy atom. The number of benzene rings is 2. The van der Waals surface area contributed by atoms with Crippen molar-refractivity contribution in [1.29, 1.82) is 0 Å². The molecule has 1 fully saturated rings. The van der Waals surface area contributed by atoms with Crippen molar-refractivity contribution in [2.24, 2.45) is 0 Å². The molecule has 4 nitrogen and oxygen atoms in total. The number of aliphatic hydroxyl groups is 2. The Bertz CT molecular complexity index is 876. The maximum atomic E-state index is 10.8. The predicted octanol–water partition coefficient (Wildman–Crippen LogP) is 4.68. The van der Waals surface area contributed by atoms with Crippen LogP contribution in [0.4, 0.5) is 0 Å². The molecule has 2 aromatic rings. The van der Waals surface area contributed by atoms with Gasteiger partial charge >= 0.3 is 0 Å². The van der Waals surface area contributed by atoms with Gasteiger partial charge in [0.25, 0.3) is 0 Å². The molecule has 0 aromatic heterocycles. The zero-order valence-corrected chi connectivity index (χ0v) is 18.7. The number of piperidine rings is 1. The van der Waals surface area contributed by atoms with Crippen LogP contribution in [0, 0.1) is 6.92 Å². The van der Waals surface area contributed by atoms with Crippen LogP contribution < -0.4 is 4.74 Å². The molecule has 2 N–H and O–H groups in total. The molecule has 1 spiro atoms. The average Bonchev–Trinajstić information content (AvgIpc) is 2.70. The fourth-order valence-corrected chi connectivity index (χ4v) is 4.76. The van der Waals surface area contributed by atoms with Gasteiger partial charge in [0.15, 0.2) is 0 Å². The first-order valence-corrected chi connectivity index (χ1v) is 11.1. The third kappa shape index (κ3) is 4.41. The van der Waals surface area contributed by atoms with Gasteiger partial charge in [0, 0.05) is 31.6 Å². The van der Waals surface area contributed by atoms with Crippen LogP contribution >= 0.6 is 0 Å². The van der Waals surface area contributed by atoms with E-state index in [2.05, 4.69) is 49.9 Å². The zero-order valence-electron chi connectivity index (χ0n) is 18.7. The van der Waals surface area contributed by atoms with E-state index >= 15 is 0 Å². The van der Waals surface area contributed by atoms with Crippen LogP contribution in [0.2, 0.25) is 0 Å². The molecule has 162 valence electrons. The Hall–Kier alpha value is -1.88. The molecule has 0 bridgehead atoms. The van der Waals surface area contributed by atoms with Gasteiger partial charge in [-0.15, -0.1) is 0 Å². The van der Waals surface area contributed by atoms with E-state index in [1.807, 2.05) is 25.1 Å². The van der Waals surface area contributed by atoms with Crippen molar-refractivity contribution in [3.05, 3.63) is 64.7 Å². The summed E-state index contributed by atoms with van der Waals surface area (Å²) in [5.74, 6) is 0.826. The second kappa shape index (κ2) is 7.99. The lowest BCUT2D eigenvalue weighted by atomic mass is 9.81. The van der Waals surface area contributed by atoms with Crippen molar-refractivity contribution >= 4 is 0 Å². The molecule has 1 saturated heterocycles. The smallest absolute Gasteiger partial charge is 0.125 e. The monoisotopic (exact) mass is 409 g/mol. The van der Waals surface area contributed by atoms with Crippen LogP contribution in [0.25, 0.3) is 0 Å². The fourth-order valence-electron chi connectivity index (χ4n) is 4.76. The SMILES string of the molecule is Cc1ccc2c(c1)[C@H](O)CC1(CCN(C[C@@H](O)c3ccc(C(C)(C)C)cc3)CC1)O2. The van der Waals surface area contributed by atoms with Gasteiger partial charge in [0.1, 0.15) is 11.4 Å². The molecule has 0 saturated carbocycles. The fraction of sp³-hybridized carbons (Fsp3) is 0.538. The van der Waals surface area contributed by atoms with Crippen LogP contribution in [-0.2, 0) is 5.41 Å². The normalized spacial score (nSPS) is 22.4. The van der Waals surface area contributed by atoms with E-state index in [1.54, 1.807) is 0 Å². The van der Waals surface area contributed by atoms with E-state index in [4.69, 9.17) is 4.74 Å². The number of fused-ring (bicyclic) bond motifs is 1. The van der Waals surface area contributed by atoms with Crippen molar-refractivity contribution < 1.29 is 14.9 Å². The first kappa shape index (κ1) is 21.4.